The summed E-state index contributed by atoms with van der Waals surface area (Å²) in [5, 5.41) is 0.219. The van der Waals surface area contributed by atoms with E-state index in [9.17, 15) is 9.59 Å². The lowest BCUT2D eigenvalue weighted by Gasteiger charge is -2.21. The van der Waals surface area contributed by atoms with Crippen molar-refractivity contribution in [2.24, 2.45) is 0 Å². The molecule has 0 spiro atoms. The number of methoxy groups -OCH3 is 3. The van der Waals surface area contributed by atoms with E-state index in [0.29, 0.717) is 39.6 Å². The Kier molecular flexibility index (Phi) is 5.93. The molecule has 0 aliphatic carbocycles. The van der Waals surface area contributed by atoms with Crippen LogP contribution in [0.15, 0.2) is 80.7 Å². The van der Waals surface area contributed by atoms with Gasteiger partial charge in [0.2, 0.25) is 16.9 Å². The van der Waals surface area contributed by atoms with Gasteiger partial charge in [-0.2, -0.15) is 4.98 Å². The van der Waals surface area contributed by atoms with E-state index >= 15 is 0 Å². The zero-order valence-corrected chi connectivity index (χ0v) is 20.3. The first-order chi connectivity index (χ1) is 17.5. The number of rotatable bonds is 6. The number of nitrogens with zero attached hydrogens (tertiary/aromatic N) is 2. The van der Waals surface area contributed by atoms with Crippen LogP contribution in [-0.4, -0.2) is 30.9 Å². The standard InChI is InChI=1S/C28H24N2O6/c1-16(17-10-6-5-7-11-17)30-26(18-14-21(33-2)25(35-4)22(15-18)34-3)29-27-23(28(30)32)24(31)19-12-8-9-13-20(19)36-27/h5-16H,1-4H3. The number of para-hydroxylation sites is 1. The third-order valence-electron chi connectivity index (χ3n) is 6.24. The average molecular weight is 485 g/mol. The van der Waals surface area contributed by atoms with E-state index in [1.54, 1.807) is 36.4 Å². The van der Waals surface area contributed by atoms with Crippen LogP contribution < -0.4 is 25.2 Å². The van der Waals surface area contributed by atoms with Crippen molar-refractivity contribution >= 4 is 22.1 Å². The predicted molar refractivity (Wildman–Crippen MR) is 137 cm³/mol. The van der Waals surface area contributed by atoms with Gasteiger partial charge in [-0.3, -0.25) is 14.2 Å². The van der Waals surface area contributed by atoms with Crippen molar-refractivity contribution < 1.29 is 18.6 Å². The minimum atomic E-state index is -0.500. The van der Waals surface area contributed by atoms with E-state index in [-0.39, 0.29) is 11.1 Å². The van der Waals surface area contributed by atoms with Gasteiger partial charge in [-0.05, 0) is 36.8 Å². The lowest BCUT2D eigenvalue weighted by molar-refractivity contribution is 0.324. The lowest BCUT2D eigenvalue weighted by atomic mass is 10.1. The maximum absolute atomic E-state index is 14.0. The summed E-state index contributed by atoms with van der Waals surface area (Å²) < 4.78 is 24.0. The molecule has 0 N–H and O–H groups in total. The molecule has 1 unspecified atom stereocenters. The van der Waals surface area contributed by atoms with Crippen molar-refractivity contribution in [3.63, 3.8) is 0 Å². The Morgan fingerprint density at radius 3 is 2.14 bits per heavy atom. The summed E-state index contributed by atoms with van der Waals surface area (Å²) in [7, 11) is 4.54. The molecule has 5 aromatic rings. The molecule has 8 heteroatoms. The lowest BCUT2D eigenvalue weighted by Crippen LogP contribution is -2.30. The van der Waals surface area contributed by atoms with E-state index in [0.717, 1.165) is 5.56 Å². The molecular weight excluding hydrogens is 460 g/mol. The number of hydrogen-bond donors (Lipinski definition) is 0. The molecule has 0 radical (unpaired) electrons. The van der Waals surface area contributed by atoms with Crippen molar-refractivity contribution in [2.45, 2.75) is 13.0 Å². The van der Waals surface area contributed by atoms with Gasteiger partial charge in [-0.15, -0.1) is 0 Å². The Balaban J connectivity index is 1.91. The van der Waals surface area contributed by atoms with Crippen molar-refractivity contribution in [1.82, 2.24) is 9.55 Å². The van der Waals surface area contributed by atoms with Crippen LogP contribution in [0, 0.1) is 0 Å². The van der Waals surface area contributed by atoms with Crippen molar-refractivity contribution in [1.29, 1.82) is 0 Å². The second kappa shape index (κ2) is 9.22. The van der Waals surface area contributed by atoms with Crippen LogP contribution in [0.3, 0.4) is 0 Å². The van der Waals surface area contributed by atoms with E-state index < -0.39 is 17.0 Å². The van der Waals surface area contributed by atoms with Gasteiger partial charge < -0.3 is 18.6 Å². The zero-order chi connectivity index (χ0) is 25.4. The van der Waals surface area contributed by atoms with Crippen LogP contribution in [0.2, 0.25) is 0 Å². The number of benzene rings is 3. The second-order valence-electron chi connectivity index (χ2n) is 8.22. The van der Waals surface area contributed by atoms with Gasteiger partial charge in [-0.25, -0.2) is 0 Å². The van der Waals surface area contributed by atoms with Crippen LogP contribution in [0.4, 0.5) is 0 Å². The predicted octanol–water partition coefficient (Wildman–Crippen LogP) is 4.81. The normalized spacial score (nSPS) is 12.0. The van der Waals surface area contributed by atoms with Gasteiger partial charge in [0.25, 0.3) is 5.56 Å². The molecule has 3 aromatic carbocycles. The van der Waals surface area contributed by atoms with Crippen molar-refractivity contribution in [2.75, 3.05) is 21.3 Å². The third-order valence-corrected chi connectivity index (χ3v) is 6.24. The largest absolute Gasteiger partial charge is 0.493 e. The smallest absolute Gasteiger partial charge is 0.269 e. The SMILES string of the molecule is COc1cc(-c2nc3oc4ccccc4c(=O)c3c(=O)n2C(C)c2ccccc2)cc(OC)c1OC. The third kappa shape index (κ3) is 3.67. The molecule has 0 aliphatic heterocycles. The summed E-state index contributed by atoms with van der Waals surface area (Å²) in [6.07, 6.45) is 0. The van der Waals surface area contributed by atoms with Gasteiger partial charge in [-0.1, -0.05) is 42.5 Å². The molecule has 5 rings (SSSR count). The zero-order valence-electron chi connectivity index (χ0n) is 20.3. The molecule has 0 bridgehead atoms. The highest BCUT2D eigenvalue weighted by molar-refractivity contribution is 5.88. The van der Waals surface area contributed by atoms with E-state index in [2.05, 4.69) is 0 Å². The minimum Gasteiger partial charge on any atom is -0.493 e. The Morgan fingerprint density at radius 1 is 0.861 bits per heavy atom. The second-order valence-corrected chi connectivity index (χ2v) is 8.22. The number of ether oxygens (including phenoxy) is 3. The molecule has 0 fully saturated rings. The van der Waals surface area contributed by atoms with Crippen LogP contribution in [0.1, 0.15) is 18.5 Å². The number of hydrogen-bond acceptors (Lipinski definition) is 7. The highest BCUT2D eigenvalue weighted by atomic mass is 16.5. The van der Waals surface area contributed by atoms with Crippen molar-refractivity contribution in [3.05, 3.63) is 92.9 Å². The number of aromatic nitrogens is 2. The maximum Gasteiger partial charge on any atom is 0.269 e. The monoisotopic (exact) mass is 484 g/mol. The van der Waals surface area contributed by atoms with Crippen LogP contribution in [0.25, 0.3) is 33.5 Å². The van der Waals surface area contributed by atoms with Crippen LogP contribution in [-0.2, 0) is 0 Å². The summed E-state index contributed by atoms with van der Waals surface area (Å²) in [5.74, 6) is 1.51. The number of fused-ring (bicyclic) bond motifs is 2. The quantitative estimate of drug-likeness (QED) is 0.320. The molecule has 1 atom stereocenters. The fraction of sp³-hybridized carbons (Fsp3) is 0.179. The summed E-state index contributed by atoms with van der Waals surface area (Å²) in [6.45, 7) is 1.88. The summed E-state index contributed by atoms with van der Waals surface area (Å²) >= 11 is 0. The molecule has 182 valence electrons. The van der Waals surface area contributed by atoms with E-state index in [1.165, 1.54) is 25.9 Å². The van der Waals surface area contributed by atoms with Gasteiger partial charge in [0.05, 0.1) is 32.8 Å². The Hall–Kier alpha value is -4.59. The maximum atomic E-state index is 14.0. The Morgan fingerprint density at radius 2 is 1.50 bits per heavy atom. The van der Waals surface area contributed by atoms with Gasteiger partial charge in [0.15, 0.2) is 16.9 Å². The molecule has 2 aromatic heterocycles. The molecule has 36 heavy (non-hydrogen) atoms. The topological polar surface area (TPSA) is 92.8 Å². The molecule has 0 saturated heterocycles. The van der Waals surface area contributed by atoms with Gasteiger partial charge in [0.1, 0.15) is 11.4 Å². The fourth-order valence-corrected chi connectivity index (χ4v) is 4.42. The molecule has 0 amide bonds. The van der Waals surface area contributed by atoms with E-state index in [1.807, 2.05) is 37.3 Å². The Labute approximate surface area is 206 Å². The Bertz CT molecular complexity index is 1680. The van der Waals surface area contributed by atoms with Crippen LogP contribution >= 0.6 is 0 Å². The summed E-state index contributed by atoms with van der Waals surface area (Å²) in [4.78, 5) is 32.1. The van der Waals surface area contributed by atoms with Gasteiger partial charge >= 0.3 is 0 Å². The first kappa shape index (κ1) is 23.2. The van der Waals surface area contributed by atoms with E-state index in [4.69, 9.17) is 23.6 Å². The molecule has 2 heterocycles. The summed E-state index contributed by atoms with van der Waals surface area (Å²) in [5.41, 5.74) is 0.798. The molecule has 0 saturated carbocycles. The molecular formula is C28H24N2O6. The molecule has 8 nitrogen and oxygen atoms in total. The first-order valence-corrected chi connectivity index (χ1v) is 11.3. The highest BCUT2D eigenvalue weighted by Crippen LogP contribution is 2.41. The average Bonchev–Trinajstić information content (AvgIpc) is 2.92. The minimum absolute atomic E-state index is 0.0380. The molecule has 0 aliphatic rings. The fourth-order valence-electron chi connectivity index (χ4n) is 4.42. The first-order valence-electron chi connectivity index (χ1n) is 11.3. The highest BCUT2D eigenvalue weighted by Gasteiger charge is 2.24. The summed E-state index contributed by atoms with van der Waals surface area (Å²) in [6, 6.07) is 19.3. The van der Waals surface area contributed by atoms with Crippen molar-refractivity contribution in [3.8, 4) is 28.6 Å². The van der Waals surface area contributed by atoms with Gasteiger partial charge in [0, 0.05) is 5.56 Å². The van der Waals surface area contributed by atoms with Crippen LogP contribution in [0.5, 0.6) is 17.2 Å².